The van der Waals surface area contributed by atoms with Gasteiger partial charge in [0.05, 0.1) is 0 Å². The summed E-state index contributed by atoms with van der Waals surface area (Å²) in [6.45, 7) is 13.6. The number of nitrogens with zero attached hydrogens (tertiary/aromatic N) is 2. The number of hydrogen-bond acceptors (Lipinski definition) is 2. The van der Waals surface area contributed by atoms with Gasteiger partial charge < -0.3 is 4.90 Å². The SMILES string of the molecule is CCCN1CCN(C(=O)c2ccc(C(C)(C)C)cc2)CC1. The number of benzene rings is 1. The summed E-state index contributed by atoms with van der Waals surface area (Å²) in [5, 5.41) is 0. The molecule has 3 heteroatoms. The van der Waals surface area contributed by atoms with E-state index in [1.165, 1.54) is 12.0 Å². The van der Waals surface area contributed by atoms with Gasteiger partial charge in [0.15, 0.2) is 0 Å². The fraction of sp³-hybridized carbons (Fsp3) is 0.611. The minimum Gasteiger partial charge on any atom is -0.336 e. The topological polar surface area (TPSA) is 23.6 Å². The summed E-state index contributed by atoms with van der Waals surface area (Å²) in [6, 6.07) is 8.11. The van der Waals surface area contributed by atoms with E-state index >= 15 is 0 Å². The van der Waals surface area contributed by atoms with Gasteiger partial charge in [0.25, 0.3) is 5.91 Å². The highest BCUT2D eigenvalue weighted by molar-refractivity contribution is 5.94. The van der Waals surface area contributed by atoms with Crippen LogP contribution in [0.5, 0.6) is 0 Å². The largest absolute Gasteiger partial charge is 0.336 e. The third-order valence-corrected chi connectivity index (χ3v) is 4.20. The molecule has 1 fully saturated rings. The first-order valence-corrected chi connectivity index (χ1v) is 8.04. The van der Waals surface area contributed by atoms with Gasteiger partial charge >= 0.3 is 0 Å². The van der Waals surface area contributed by atoms with Crippen molar-refractivity contribution in [3.8, 4) is 0 Å². The average molecular weight is 288 g/mol. The van der Waals surface area contributed by atoms with Crippen LogP contribution in [0.4, 0.5) is 0 Å². The molecule has 116 valence electrons. The lowest BCUT2D eigenvalue weighted by Gasteiger charge is -2.34. The molecule has 1 saturated heterocycles. The Morgan fingerprint density at radius 2 is 1.62 bits per heavy atom. The minimum atomic E-state index is 0.132. The summed E-state index contributed by atoms with van der Waals surface area (Å²) >= 11 is 0. The molecular weight excluding hydrogens is 260 g/mol. The second-order valence-corrected chi connectivity index (χ2v) is 6.96. The van der Waals surface area contributed by atoms with Gasteiger partial charge in [-0.3, -0.25) is 9.69 Å². The molecule has 0 saturated carbocycles. The zero-order valence-electron chi connectivity index (χ0n) is 13.9. The van der Waals surface area contributed by atoms with E-state index in [0.29, 0.717) is 0 Å². The van der Waals surface area contributed by atoms with Crippen molar-refractivity contribution >= 4 is 5.91 Å². The first kappa shape index (κ1) is 16.0. The van der Waals surface area contributed by atoms with Crippen LogP contribution < -0.4 is 0 Å². The molecule has 0 radical (unpaired) electrons. The molecule has 1 amide bonds. The predicted octanol–water partition coefficient (Wildman–Crippen LogP) is 3.15. The van der Waals surface area contributed by atoms with E-state index in [0.717, 1.165) is 38.3 Å². The molecule has 1 aromatic carbocycles. The molecule has 1 aromatic rings. The van der Waals surface area contributed by atoms with E-state index in [1.807, 2.05) is 17.0 Å². The van der Waals surface area contributed by atoms with Gasteiger partial charge in [0, 0.05) is 31.7 Å². The third kappa shape index (κ3) is 4.07. The Bertz CT molecular complexity index is 465. The monoisotopic (exact) mass is 288 g/mol. The van der Waals surface area contributed by atoms with Gasteiger partial charge in [-0.15, -0.1) is 0 Å². The second-order valence-electron chi connectivity index (χ2n) is 6.96. The third-order valence-electron chi connectivity index (χ3n) is 4.20. The molecule has 21 heavy (non-hydrogen) atoms. The van der Waals surface area contributed by atoms with E-state index in [-0.39, 0.29) is 11.3 Å². The molecular formula is C18H28N2O. The lowest BCUT2D eigenvalue weighted by Crippen LogP contribution is -2.48. The molecule has 2 rings (SSSR count). The Kier molecular flexibility index (Phi) is 5.04. The molecule has 0 aliphatic carbocycles. The molecule has 3 nitrogen and oxygen atoms in total. The first-order chi connectivity index (χ1) is 9.91. The predicted molar refractivity (Wildman–Crippen MR) is 87.8 cm³/mol. The molecule has 0 unspecified atom stereocenters. The van der Waals surface area contributed by atoms with E-state index in [2.05, 4.69) is 44.7 Å². The van der Waals surface area contributed by atoms with Crippen LogP contribution in [0.2, 0.25) is 0 Å². The van der Waals surface area contributed by atoms with Gasteiger partial charge in [-0.25, -0.2) is 0 Å². The summed E-state index contributed by atoms with van der Waals surface area (Å²) in [6.07, 6.45) is 1.18. The van der Waals surface area contributed by atoms with Crippen molar-refractivity contribution in [3.63, 3.8) is 0 Å². The van der Waals surface area contributed by atoms with Crippen LogP contribution in [0.3, 0.4) is 0 Å². The van der Waals surface area contributed by atoms with Gasteiger partial charge in [0.1, 0.15) is 0 Å². The molecule has 1 aliphatic heterocycles. The van der Waals surface area contributed by atoms with Crippen LogP contribution >= 0.6 is 0 Å². The van der Waals surface area contributed by atoms with Gasteiger partial charge in [0.2, 0.25) is 0 Å². The van der Waals surface area contributed by atoms with Crippen LogP contribution in [0, 0.1) is 0 Å². The highest BCUT2D eigenvalue weighted by atomic mass is 16.2. The number of hydrogen-bond donors (Lipinski definition) is 0. The summed E-state index contributed by atoms with van der Waals surface area (Å²) in [5.41, 5.74) is 2.21. The van der Waals surface area contributed by atoms with Crippen molar-refractivity contribution in [2.24, 2.45) is 0 Å². The van der Waals surface area contributed by atoms with Gasteiger partial charge in [-0.2, -0.15) is 0 Å². The first-order valence-electron chi connectivity index (χ1n) is 8.04. The molecule has 1 heterocycles. The fourth-order valence-corrected chi connectivity index (χ4v) is 2.79. The van der Waals surface area contributed by atoms with Crippen molar-refractivity contribution in [1.29, 1.82) is 0 Å². The van der Waals surface area contributed by atoms with Crippen LogP contribution in [0.1, 0.15) is 50.0 Å². The molecule has 0 bridgehead atoms. The molecule has 0 N–H and O–H groups in total. The zero-order valence-corrected chi connectivity index (χ0v) is 13.9. The maximum atomic E-state index is 12.5. The number of carbonyl (C=O) groups excluding carboxylic acids is 1. The maximum absolute atomic E-state index is 12.5. The van der Waals surface area contributed by atoms with Gasteiger partial charge in [-0.1, -0.05) is 39.8 Å². The number of amides is 1. The molecule has 0 atom stereocenters. The maximum Gasteiger partial charge on any atom is 0.253 e. The lowest BCUT2D eigenvalue weighted by atomic mass is 9.86. The van der Waals surface area contributed by atoms with Crippen LogP contribution in [0.15, 0.2) is 24.3 Å². The van der Waals surface area contributed by atoms with Gasteiger partial charge in [-0.05, 0) is 36.1 Å². The zero-order chi connectivity index (χ0) is 15.5. The van der Waals surface area contributed by atoms with E-state index in [9.17, 15) is 4.79 Å². The normalized spacial score (nSPS) is 17.0. The highest BCUT2D eigenvalue weighted by Gasteiger charge is 2.22. The average Bonchev–Trinajstić information content (AvgIpc) is 2.47. The van der Waals surface area contributed by atoms with Crippen LogP contribution in [-0.4, -0.2) is 48.4 Å². The standard InChI is InChI=1S/C18H28N2O/c1-5-10-19-11-13-20(14-12-19)17(21)15-6-8-16(9-7-15)18(2,3)4/h6-9H,5,10-14H2,1-4H3. The highest BCUT2D eigenvalue weighted by Crippen LogP contribution is 2.22. The lowest BCUT2D eigenvalue weighted by molar-refractivity contribution is 0.0637. The van der Waals surface area contributed by atoms with Crippen molar-refractivity contribution in [3.05, 3.63) is 35.4 Å². The Morgan fingerprint density at radius 1 is 1.05 bits per heavy atom. The Labute approximate surface area is 128 Å². The van der Waals surface area contributed by atoms with E-state index in [4.69, 9.17) is 0 Å². The quantitative estimate of drug-likeness (QED) is 0.853. The molecule has 1 aliphatic rings. The number of piperazine rings is 1. The minimum absolute atomic E-state index is 0.132. The Hall–Kier alpha value is -1.35. The Morgan fingerprint density at radius 3 is 2.10 bits per heavy atom. The smallest absolute Gasteiger partial charge is 0.253 e. The molecule has 0 aromatic heterocycles. The number of rotatable bonds is 3. The fourth-order valence-electron chi connectivity index (χ4n) is 2.79. The summed E-state index contributed by atoms with van der Waals surface area (Å²) in [4.78, 5) is 17.0. The van der Waals surface area contributed by atoms with Crippen molar-refractivity contribution < 1.29 is 4.79 Å². The number of carbonyl (C=O) groups is 1. The summed E-state index contributed by atoms with van der Waals surface area (Å²) in [5.74, 6) is 0.173. The molecule has 0 spiro atoms. The van der Waals surface area contributed by atoms with Crippen molar-refractivity contribution in [2.75, 3.05) is 32.7 Å². The van der Waals surface area contributed by atoms with E-state index in [1.54, 1.807) is 0 Å². The summed E-state index contributed by atoms with van der Waals surface area (Å²) in [7, 11) is 0. The second kappa shape index (κ2) is 6.61. The summed E-state index contributed by atoms with van der Waals surface area (Å²) < 4.78 is 0. The van der Waals surface area contributed by atoms with Crippen molar-refractivity contribution in [1.82, 2.24) is 9.80 Å². The van der Waals surface area contributed by atoms with Crippen LogP contribution in [0.25, 0.3) is 0 Å². The van der Waals surface area contributed by atoms with E-state index < -0.39 is 0 Å². The Balaban J connectivity index is 1.98. The van der Waals surface area contributed by atoms with Crippen LogP contribution in [-0.2, 0) is 5.41 Å². The van der Waals surface area contributed by atoms with Crippen molar-refractivity contribution in [2.45, 2.75) is 39.5 Å².